The molecule has 0 fully saturated rings. The first-order valence-electron chi connectivity index (χ1n) is 12.0. The van der Waals surface area contributed by atoms with Crippen molar-refractivity contribution in [2.24, 2.45) is 0 Å². The van der Waals surface area contributed by atoms with E-state index in [9.17, 15) is 4.79 Å². The number of ketones is 1. The van der Waals surface area contributed by atoms with Gasteiger partial charge in [-0.2, -0.15) is 0 Å². The molecule has 0 aliphatic carbocycles. The minimum Gasteiger partial charge on any atom is -0.512 e. The van der Waals surface area contributed by atoms with Gasteiger partial charge in [0.05, 0.1) is 11.3 Å². The van der Waals surface area contributed by atoms with E-state index < -0.39 is 0 Å². The number of aromatic nitrogens is 2. The Kier molecular flexibility index (Phi) is 10.1. The standard InChI is InChI=1S/C26H27N2S.C5H8O2.Ir/c1-15-8-16(2)10-19(9-15)24-25-21(27-14-28-24)13-22(29-25)23-17(3)11-20(12-18(23)4)26(5,6)7;1-4(6)3-5(2)7;/h8-9,11-14H,1-7H3;3,6H,1-2H3;/q-1;;/b;4-3-;. The summed E-state index contributed by atoms with van der Waals surface area (Å²) in [7, 11) is 0. The van der Waals surface area contributed by atoms with Crippen LogP contribution in [0, 0.1) is 33.8 Å². The van der Waals surface area contributed by atoms with E-state index >= 15 is 0 Å². The number of allylic oxidation sites excluding steroid dienone is 2. The second-order valence-corrected chi connectivity index (χ2v) is 11.5. The molecule has 37 heavy (non-hydrogen) atoms. The number of hydrogen-bond donors (Lipinski definition) is 1. The van der Waals surface area contributed by atoms with Crippen molar-refractivity contribution in [2.75, 3.05) is 0 Å². The van der Waals surface area contributed by atoms with Gasteiger partial charge in [0.1, 0.15) is 6.33 Å². The molecule has 0 aliphatic heterocycles. The van der Waals surface area contributed by atoms with Gasteiger partial charge in [0.25, 0.3) is 0 Å². The Morgan fingerprint density at radius 1 is 0.973 bits per heavy atom. The quantitative estimate of drug-likeness (QED) is 0.133. The number of thiophene rings is 1. The van der Waals surface area contributed by atoms with E-state index in [0.29, 0.717) is 0 Å². The van der Waals surface area contributed by atoms with Crippen molar-refractivity contribution in [3.8, 4) is 21.7 Å². The molecule has 0 saturated carbocycles. The molecule has 0 spiro atoms. The third-order valence-electron chi connectivity index (χ3n) is 5.77. The molecule has 0 bridgehead atoms. The Labute approximate surface area is 238 Å². The second kappa shape index (κ2) is 12.3. The van der Waals surface area contributed by atoms with E-state index in [1.807, 2.05) is 0 Å². The van der Waals surface area contributed by atoms with Gasteiger partial charge >= 0.3 is 0 Å². The SMILES string of the molecule is CC(=O)/C=C(/C)O.Cc1[c-]c(-c2ncnc3cc(-c4c(C)cc(C(C)(C)C)cc4C)sc23)cc(C)c1.[Ir]. The number of benzene rings is 2. The molecule has 1 radical (unpaired) electrons. The molecule has 0 aliphatic rings. The normalized spacial score (nSPS) is 11.5. The predicted octanol–water partition coefficient (Wildman–Crippen LogP) is 8.39. The smallest absolute Gasteiger partial charge is 0.155 e. The van der Waals surface area contributed by atoms with Gasteiger partial charge in [0.2, 0.25) is 0 Å². The van der Waals surface area contributed by atoms with Gasteiger partial charge in [-0.3, -0.25) is 9.78 Å². The summed E-state index contributed by atoms with van der Waals surface area (Å²) in [5.74, 6) is -0.0625. The minimum absolute atomic E-state index is 0. The summed E-state index contributed by atoms with van der Waals surface area (Å²) in [5, 5.41) is 8.36. The number of hydrogen-bond acceptors (Lipinski definition) is 5. The molecule has 1 N–H and O–H groups in total. The number of aliphatic hydroxyl groups excluding tert-OH is 1. The summed E-state index contributed by atoms with van der Waals surface area (Å²) in [5.41, 5.74) is 10.8. The van der Waals surface area contributed by atoms with Crippen LogP contribution in [0.4, 0.5) is 0 Å². The van der Waals surface area contributed by atoms with Crippen molar-refractivity contribution < 1.29 is 30.0 Å². The molecule has 2 aromatic heterocycles. The Morgan fingerprint density at radius 2 is 1.59 bits per heavy atom. The van der Waals surface area contributed by atoms with Crippen LogP contribution in [0.5, 0.6) is 0 Å². The molecule has 0 unspecified atom stereocenters. The Balaban J connectivity index is 0.000000532. The van der Waals surface area contributed by atoms with Gasteiger partial charge in [-0.1, -0.05) is 46.8 Å². The van der Waals surface area contributed by atoms with E-state index in [1.165, 1.54) is 52.6 Å². The van der Waals surface area contributed by atoms with Crippen LogP contribution in [0.1, 0.15) is 62.4 Å². The van der Waals surface area contributed by atoms with Crippen molar-refractivity contribution in [3.63, 3.8) is 0 Å². The fourth-order valence-electron chi connectivity index (χ4n) is 4.27. The number of aliphatic hydroxyl groups is 1. The molecule has 4 rings (SSSR count). The fraction of sp³-hybridized carbons (Fsp3) is 0.323. The van der Waals surface area contributed by atoms with Crippen molar-refractivity contribution in [1.82, 2.24) is 9.97 Å². The predicted molar refractivity (Wildman–Crippen MR) is 152 cm³/mol. The van der Waals surface area contributed by atoms with Crippen LogP contribution >= 0.6 is 11.3 Å². The molecule has 0 atom stereocenters. The molecule has 197 valence electrons. The summed E-state index contributed by atoms with van der Waals surface area (Å²) in [6.45, 7) is 18.3. The zero-order valence-corrected chi connectivity index (χ0v) is 26.2. The monoisotopic (exact) mass is 692 g/mol. The van der Waals surface area contributed by atoms with Gasteiger partial charge in [-0.05, 0) is 61.4 Å². The van der Waals surface area contributed by atoms with Gasteiger partial charge in [-0.15, -0.1) is 46.2 Å². The van der Waals surface area contributed by atoms with Gasteiger partial charge in [0.15, 0.2) is 5.78 Å². The van der Waals surface area contributed by atoms with E-state index in [2.05, 4.69) is 94.8 Å². The second-order valence-electron chi connectivity index (χ2n) is 10.4. The summed E-state index contributed by atoms with van der Waals surface area (Å²) >= 11 is 1.78. The number of rotatable bonds is 3. The molecular formula is C31H35IrN2O2S-. The number of carbonyl (C=O) groups excluding carboxylic acids is 1. The molecule has 4 aromatic rings. The first-order chi connectivity index (χ1) is 16.8. The fourth-order valence-corrected chi connectivity index (χ4v) is 5.56. The number of fused-ring (bicyclic) bond motifs is 1. The largest absolute Gasteiger partial charge is 0.512 e. The van der Waals surface area contributed by atoms with Crippen LogP contribution in [0.2, 0.25) is 0 Å². The molecule has 2 heterocycles. The van der Waals surface area contributed by atoms with Crippen LogP contribution in [-0.2, 0) is 30.3 Å². The van der Waals surface area contributed by atoms with Gasteiger partial charge < -0.3 is 5.11 Å². The maximum atomic E-state index is 10.0. The zero-order chi connectivity index (χ0) is 26.8. The molecule has 2 aromatic carbocycles. The average Bonchev–Trinajstić information content (AvgIpc) is 3.15. The Hall–Kier alpha value is -2.66. The minimum atomic E-state index is -0.125. The topological polar surface area (TPSA) is 63.1 Å². The molecule has 6 heteroatoms. The van der Waals surface area contributed by atoms with Crippen LogP contribution in [0.25, 0.3) is 31.9 Å². The van der Waals surface area contributed by atoms with Crippen molar-refractivity contribution in [1.29, 1.82) is 0 Å². The van der Waals surface area contributed by atoms with Crippen molar-refractivity contribution in [2.45, 2.75) is 67.7 Å². The summed E-state index contributed by atoms with van der Waals surface area (Å²) in [4.78, 5) is 20.5. The first kappa shape index (κ1) is 30.6. The molecule has 0 saturated heterocycles. The van der Waals surface area contributed by atoms with E-state index in [1.54, 1.807) is 17.7 Å². The number of carbonyl (C=O) groups is 1. The summed E-state index contributed by atoms with van der Waals surface area (Å²) < 4.78 is 1.13. The van der Waals surface area contributed by atoms with Gasteiger partial charge in [0, 0.05) is 41.5 Å². The molecular weight excluding hydrogens is 657 g/mol. The number of nitrogens with zero attached hydrogens (tertiary/aromatic N) is 2. The first-order valence-corrected chi connectivity index (χ1v) is 12.8. The van der Waals surface area contributed by atoms with E-state index in [4.69, 9.17) is 5.11 Å². The van der Waals surface area contributed by atoms with Crippen molar-refractivity contribution in [3.05, 3.63) is 82.4 Å². The molecule has 4 nitrogen and oxygen atoms in total. The average molecular weight is 692 g/mol. The van der Waals surface area contributed by atoms with Crippen LogP contribution in [0.3, 0.4) is 0 Å². The third-order valence-corrected chi connectivity index (χ3v) is 6.92. The van der Waals surface area contributed by atoms with E-state index in [0.717, 1.165) is 27.0 Å². The van der Waals surface area contributed by atoms with E-state index in [-0.39, 0.29) is 37.1 Å². The maximum Gasteiger partial charge on any atom is 0.155 e. The third kappa shape index (κ3) is 7.67. The maximum absolute atomic E-state index is 10.0. The number of aryl methyl sites for hydroxylation is 4. The Morgan fingerprint density at radius 3 is 2.08 bits per heavy atom. The summed E-state index contributed by atoms with van der Waals surface area (Å²) in [6.07, 6.45) is 2.84. The zero-order valence-electron chi connectivity index (χ0n) is 23.0. The Bertz CT molecular complexity index is 1410. The van der Waals surface area contributed by atoms with Crippen molar-refractivity contribution >= 4 is 27.3 Å². The molecule has 0 amide bonds. The van der Waals surface area contributed by atoms with Crippen LogP contribution < -0.4 is 0 Å². The van der Waals surface area contributed by atoms with Crippen LogP contribution in [0.15, 0.2) is 48.5 Å². The van der Waals surface area contributed by atoms with Crippen LogP contribution in [-0.4, -0.2) is 20.9 Å². The summed E-state index contributed by atoms with van der Waals surface area (Å²) in [6, 6.07) is 14.6. The van der Waals surface area contributed by atoms with Gasteiger partial charge in [-0.25, -0.2) is 4.98 Å².